The zero-order valence-electron chi connectivity index (χ0n) is 30.5. The summed E-state index contributed by atoms with van der Waals surface area (Å²) in [5.41, 5.74) is 12.7. The fourth-order valence-corrected chi connectivity index (χ4v) is 7.00. The van der Waals surface area contributed by atoms with E-state index in [4.69, 9.17) is 15.0 Å². The molecule has 1 N–H and O–H groups in total. The maximum atomic E-state index is 11.3. The second kappa shape index (κ2) is 12.6. The lowest BCUT2D eigenvalue weighted by atomic mass is 9.84. The number of rotatable bonds is 5. The van der Waals surface area contributed by atoms with Crippen LogP contribution in [-0.2, 0) is 10.8 Å². The summed E-state index contributed by atoms with van der Waals surface area (Å²) < 4.78 is 2.21. The first-order valence-electron chi connectivity index (χ1n) is 17.8. The molecule has 0 aliphatic carbocycles. The third kappa shape index (κ3) is 6.02. The van der Waals surface area contributed by atoms with E-state index in [0.717, 1.165) is 72.4 Å². The smallest absolute Gasteiger partial charge is 0.147 e. The number of imidazole rings is 1. The summed E-state index contributed by atoms with van der Waals surface area (Å²) >= 11 is 0. The SMILES string of the molecule is CC(C)(C)c1ccc(-n2c(-c3cncc(-c4cc(C(C)(C)C)cc5cccnc45)c3)nc3c(-c4cc(-c5ccccc5)ccc4O)cccc32)cc1. The second-order valence-electron chi connectivity index (χ2n) is 15.7. The first-order chi connectivity index (χ1) is 25.0. The van der Waals surface area contributed by atoms with Gasteiger partial charge in [0.25, 0.3) is 0 Å². The van der Waals surface area contributed by atoms with Crippen molar-refractivity contribution in [2.75, 3.05) is 0 Å². The predicted octanol–water partition coefficient (Wildman–Crippen LogP) is 11.9. The molecule has 0 saturated carbocycles. The number of para-hydroxylation sites is 1. The van der Waals surface area contributed by atoms with Crippen molar-refractivity contribution in [3.05, 3.63) is 151 Å². The molecule has 0 fully saturated rings. The number of aromatic hydroxyl groups is 1. The quantitative estimate of drug-likeness (QED) is 0.197. The van der Waals surface area contributed by atoms with Crippen LogP contribution >= 0.6 is 0 Å². The number of hydrogen-bond donors (Lipinski definition) is 1. The molecule has 0 atom stereocenters. The Labute approximate surface area is 305 Å². The van der Waals surface area contributed by atoms with Gasteiger partial charge in [-0.1, -0.05) is 108 Å². The van der Waals surface area contributed by atoms with Gasteiger partial charge in [0.2, 0.25) is 0 Å². The van der Waals surface area contributed by atoms with E-state index < -0.39 is 0 Å². The number of phenols is 1. The van der Waals surface area contributed by atoms with E-state index in [9.17, 15) is 5.11 Å². The van der Waals surface area contributed by atoms with E-state index in [1.54, 1.807) is 6.07 Å². The number of aromatic nitrogens is 4. The molecule has 5 aromatic carbocycles. The maximum absolute atomic E-state index is 11.3. The lowest BCUT2D eigenvalue weighted by Gasteiger charge is -2.21. The van der Waals surface area contributed by atoms with Crippen molar-refractivity contribution in [1.29, 1.82) is 0 Å². The summed E-state index contributed by atoms with van der Waals surface area (Å²) in [6.07, 6.45) is 5.66. The van der Waals surface area contributed by atoms with Crippen molar-refractivity contribution in [3.63, 3.8) is 0 Å². The molecule has 8 rings (SSSR count). The Morgan fingerprint density at radius 1 is 0.538 bits per heavy atom. The summed E-state index contributed by atoms with van der Waals surface area (Å²) in [5, 5.41) is 12.4. The summed E-state index contributed by atoms with van der Waals surface area (Å²) in [4.78, 5) is 15.0. The Balaban J connectivity index is 1.36. The average Bonchev–Trinajstić information content (AvgIpc) is 3.54. The highest BCUT2D eigenvalue weighted by atomic mass is 16.3. The van der Waals surface area contributed by atoms with Gasteiger partial charge in [0.05, 0.1) is 16.6 Å². The molecule has 8 aromatic rings. The van der Waals surface area contributed by atoms with E-state index >= 15 is 0 Å². The van der Waals surface area contributed by atoms with E-state index in [2.05, 4.69) is 119 Å². The minimum atomic E-state index is -0.0448. The number of nitrogens with zero attached hydrogens (tertiary/aromatic N) is 4. The van der Waals surface area contributed by atoms with Crippen LogP contribution in [0.1, 0.15) is 52.7 Å². The molecule has 0 amide bonds. The van der Waals surface area contributed by atoms with Crippen LogP contribution in [-0.4, -0.2) is 24.6 Å². The standard InChI is InChI=1S/C47H42N4O/c1-46(2,3)35-18-20-37(21-19-35)51-41-16-10-15-38(40-26-31(17-22-42(40)52)30-12-8-7-9-13-30)44(41)50-45(51)34-24-33(28-48-29-34)39-27-36(47(4,5)6)25-32-14-11-23-49-43(32)39/h7-29,52H,1-6H3. The van der Waals surface area contributed by atoms with Crippen LogP contribution < -0.4 is 0 Å². The van der Waals surface area contributed by atoms with Crippen LogP contribution in [0.3, 0.4) is 0 Å². The molecule has 3 heterocycles. The molecule has 5 nitrogen and oxygen atoms in total. The van der Waals surface area contributed by atoms with Crippen LogP contribution in [0.5, 0.6) is 5.75 Å². The van der Waals surface area contributed by atoms with Crippen molar-refractivity contribution < 1.29 is 5.11 Å². The Hall–Kier alpha value is -6.07. The largest absolute Gasteiger partial charge is 0.507 e. The van der Waals surface area contributed by atoms with Crippen LogP contribution in [0.2, 0.25) is 0 Å². The summed E-state index contributed by atoms with van der Waals surface area (Å²) in [7, 11) is 0. The first-order valence-corrected chi connectivity index (χ1v) is 17.8. The number of benzene rings is 5. The van der Waals surface area contributed by atoms with Crippen molar-refractivity contribution in [2.45, 2.75) is 52.4 Å². The second-order valence-corrected chi connectivity index (χ2v) is 15.7. The van der Waals surface area contributed by atoms with Crippen molar-refractivity contribution in [1.82, 2.24) is 19.5 Å². The molecule has 3 aromatic heterocycles. The molecular weight excluding hydrogens is 637 g/mol. The Kier molecular flexibility index (Phi) is 8.02. The molecule has 0 radical (unpaired) electrons. The molecular formula is C47H42N4O. The number of pyridine rings is 2. The van der Waals surface area contributed by atoms with Crippen molar-refractivity contribution in [2.24, 2.45) is 0 Å². The first kappa shape index (κ1) is 33.1. The van der Waals surface area contributed by atoms with Gasteiger partial charge >= 0.3 is 0 Å². The highest BCUT2D eigenvalue weighted by Gasteiger charge is 2.22. The van der Waals surface area contributed by atoms with Gasteiger partial charge in [0.1, 0.15) is 11.6 Å². The van der Waals surface area contributed by atoms with Gasteiger partial charge in [-0.2, -0.15) is 0 Å². The molecule has 256 valence electrons. The van der Waals surface area contributed by atoms with Crippen LogP contribution in [0.4, 0.5) is 0 Å². The number of phenolic OH excluding ortho intramolecular Hbond substituents is 1. The fourth-order valence-electron chi connectivity index (χ4n) is 7.00. The van der Waals surface area contributed by atoms with Gasteiger partial charge in [0, 0.05) is 57.5 Å². The highest BCUT2D eigenvalue weighted by Crippen LogP contribution is 2.41. The van der Waals surface area contributed by atoms with Crippen LogP contribution in [0.25, 0.3) is 72.4 Å². The average molecular weight is 679 g/mol. The fraction of sp³-hybridized carbons (Fsp3) is 0.170. The zero-order chi connectivity index (χ0) is 36.2. The predicted molar refractivity (Wildman–Crippen MR) is 215 cm³/mol. The molecule has 0 unspecified atom stereocenters. The third-order valence-corrected chi connectivity index (χ3v) is 9.95. The lowest BCUT2D eigenvalue weighted by Crippen LogP contribution is -2.11. The summed E-state index contributed by atoms with van der Waals surface area (Å²) in [6.45, 7) is 13.4. The molecule has 0 saturated heterocycles. The topological polar surface area (TPSA) is 63.8 Å². The number of hydrogen-bond acceptors (Lipinski definition) is 4. The molecule has 0 aliphatic rings. The van der Waals surface area contributed by atoms with E-state index in [0.29, 0.717) is 0 Å². The normalized spacial score (nSPS) is 12.1. The molecule has 5 heteroatoms. The lowest BCUT2D eigenvalue weighted by molar-refractivity contribution is 0.477. The zero-order valence-corrected chi connectivity index (χ0v) is 30.5. The molecule has 52 heavy (non-hydrogen) atoms. The van der Waals surface area contributed by atoms with Gasteiger partial charge in [0.15, 0.2) is 0 Å². The van der Waals surface area contributed by atoms with Crippen molar-refractivity contribution in [3.8, 4) is 56.2 Å². The number of fused-ring (bicyclic) bond motifs is 2. The Bertz CT molecular complexity index is 2590. The highest BCUT2D eigenvalue weighted by molar-refractivity contribution is 5.98. The minimum absolute atomic E-state index is 0.0173. The van der Waals surface area contributed by atoms with Crippen molar-refractivity contribution >= 4 is 21.9 Å². The van der Waals surface area contributed by atoms with Gasteiger partial charge in [-0.25, -0.2) is 4.98 Å². The molecule has 0 aliphatic heterocycles. The molecule has 0 bridgehead atoms. The minimum Gasteiger partial charge on any atom is -0.507 e. The summed E-state index contributed by atoms with van der Waals surface area (Å²) in [5.74, 6) is 0.975. The third-order valence-electron chi connectivity index (χ3n) is 9.95. The Morgan fingerprint density at radius 3 is 2.04 bits per heavy atom. The molecule has 0 spiro atoms. The summed E-state index contributed by atoms with van der Waals surface area (Å²) in [6, 6.07) is 41.8. The van der Waals surface area contributed by atoms with Gasteiger partial charge < -0.3 is 5.11 Å². The maximum Gasteiger partial charge on any atom is 0.147 e. The van der Waals surface area contributed by atoms with E-state index in [1.807, 2.05) is 61.1 Å². The van der Waals surface area contributed by atoms with E-state index in [1.165, 1.54) is 11.1 Å². The van der Waals surface area contributed by atoms with Gasteiger partial charge in [-0.15, -0.1) is 0 Å². The monoisotopic (exact) mass is 678 g/mol. The Morgan fingerprint density at radius 2 is 1.29 bits per heavy atom. The van der Waals surface area contributed by atoms with Crippen LogP contribution in [0, 0.1) is 0 Å². The van der Waals surface area contributed by atoms with Gasteiger partial charge in [-0.3, -0.25) is 14.5 Å². The van der Waals surface area contributed by atoms with Gasteiger partial charge in [-0.05, 0) is 87.7 Å². The van der Waals surface area contributed by atoms with E-state index in [-0.39, 0.29) is 16.6 Å². The van der Waals surface area contributed by atoms with Crippen LogP contribution in [0.15, 0.2) is 140 Å².